The number of rotatable bonds is 3. The summed E-state index contributed by atoms with van der Waals surface area (Å²) in [5.41, 5.74) is 4.49. The van der Waals surface area contributed by atoms with Gasteiger partial charge in [0, 0.05) is 24.8 Å². The number of fused-ring (bicyclic) bond motifs is 1. The number of H-pyrrole nitrogens is 1. The first kappa shape index (κ1) is 16.9. The first-order valence-corrected chi connectivity index (χ1v) is 9.22. The van der Waals surface area contributed by atoms with Crippen LogP contribution >= 0.6 is 0 Å². The van der Waals surface area contributed by atoms with Crippen LogP contribution in [-0.2, 0) is 11.8 Å². The molecule has 4 aromatic heterocycles. The van der Waals surface area contributed by atoms with Crippen LogP contribution < -0.4 is 4.90 Å². The number of hydrogen-bond acceptors (Lipinski definition) is 7. The molecule has 4 aromatic rings. The Bertz CT molecular complexity index is 1140. The second-order valence-electron chi connectivity index (χ2n) is 7.09. The van der Waals surface area contributed by atoms with E-state index in [1.165, 1.54) is 0 Å². The molecule has 5 heterocycles. The molecule has 5 rings (SSSR count). The lowest BCUT2D eigenvalue weighted by Gasteiger charge is -2.34. The highest BCUT2D eigenvalue weighted by molar-refractivity contribution is 5.81. The van der Waals surface area contributed by atoms with Gasteiger partial charge in [-0.3, -0.25) is 5.10 Å². The molecule has 1 aliphatic rings. The van der Waals surface area contributed by atoms with Crippen molar-refractivity contribution < 1.29 is 4.74 Å². The van der Waals surface area contributed by atoms with Crippen molar-refractivity contribution in [2.75, 3.05) is 24.7 Å². The normalized spacial score (nSPS) is 17.5. The average molecular weight is 379 g/mol. The van der Waals surface area contributed by atoms with Crippen LogP contribution in [0, 0.1) is 6.92 Å². The van der Waals surface area contributed by atoms with Crippen LogP contribution in [0.2, 0.25) is 0 Å². The van der Waals surface area contributed by atoms with Gasteiger partial charge in [-0.15, -0.1) is 10.2 Å². The minimum atomic E-state index is 0.232. The van der Waals surface area contributed by atoms with Crippen molar-refractivity contribution in [1.29, 1.82) is 0 Å². The summed E-state index contributed by atoms with van der Waals surface area (Å²) in [5.74, 6) is 1.56. The lowest BCUT2D eigenvalue weighted by molar-refractivity contribution is 0.0984. The van der Waals surface area contributed by atoms with Gasteiger partial charge in [-0.25, -0.2) is 14.2 Å². The Morgan fingerprint density at radius 1 is 1.25 bits per heavy atom. The Labute approximate surface area is 161 Å². The van der Waals surface area contributed by atoms with E-state index in [2.05, 4.69) is 43.4 Å². The number of hydrogen-bond donors (Lipinski definition) is 1. The lowest BCUT2D eigenvalue weighted by Crippen LogP contribution is -2.44. The Hall–Kier alpha value is -3.27. The second-order valence-corrected chi connectivity index (χ2v) is 7.09. The van der Waals surface area contributed by atoms with Gasteiger partial charge < -0.3 is 9.64 Å². The van der Waals surface area contributed by atoms with E-state index in [4.69, 9.17) is 9.84 Å². The van der Waals surface area contributed by atoms with Crippen LogP contribution in [0.1, 0.15) is 12.6 Å². The second kappa shape index (κ2) is 6.41. The first-order chi connectivity index (χ1) is 13.6. The minimum Gasteiger partial charge on any atom is -0.377 e. The van der Waals surface area contributed by atoms with Gasteiger partial charge in [-0.1, -0.05) is 5.21 Å². The summed E-state index contributed by atoms with van der Waals surface area (Å²) in [6.07, 6.45) is 3.58. The summed E-state index contributed by atoms with van der Waals surface area (Å²) in [5, 5.41) is 20.4. The Kier molecular flexibility index (Phi) is 3.86. The number of nitrogens with zero attached hydrogens (tertiary/aromatic N) is 8. The predicted molar refractivity (Wildman–Crippen MR) is 103 cm³/mol. The molecule has 0 aliphatic carbocycles. The van der Waals surface area contributed by atoms with Crippen LogP contribution in [0.15, 0.2) is 24.5 Å². The molecule has 1 fully saturated rings. The van der Waals surface area contributed by atoms with Crippen molar-refractivity contribution >= 4 is 11.3 Å². The molecule has 0 spiro atoms. The zero-order chi connectivity index (χ0) is 19.3. The standard InChI is InChI=1S/C18H21N9O/c1-11-6-14(22-21-11)18-19-8-16-13(15-9-20-24-25(15)3)7-17(23-27(16)18)26-4-5-28-10-12(26)2/h6-9,12H,4-5,10H2,1-3H3,(H,21,22)/t12-/m1/s1. The largest absolute Gasteiger partial charge is 0.377 e. The molecule has 1 N–H and O–H groups in total. The van der Waals surface area contributed by atoms with Crippen LogP contribution in [0.3, 0.4) is 0 Å². The van der Waals surface area contributed by atoms with Crippen molar-refractivity contribution in [3.8, 4) is 22.8 Å². The molecule has 0 saturated carbocycles. The molecular weight excluding hydrogens is 358 g/mol. The van der Waals surface area contributed by atoms with E-state index < -0.39 is 0 Å². The van der Waals surface area contributed by atoms with Crippen LogP contribution in [0.4, 0.5) is 5.82 Å². The average Bonchev–Trinajstić information content (AvgIpc) is 3.41. The third-order valence-electron chi connectivity index (χ3n) is 5.08. The summed E-state index contributed by atoms with van der Waals surface area (Å²) < 4.78 is 9.21. The third-order valence-corrected chi connectivity index (χ3v) is 5.08. The summed E-state index contributed by atoms with van der Waals surface area (Å²) in [7, 11) is 1.88. The Morgan fingerprint density at radius 3 is 2.86 bits per heavy atom. The quantitative estimate of drug-likeness (QED) is 0.575. The number of aromatic nitrogens is 8. The summed E-state index contributed by atoms with van der Waals surface area (Å²) in [4.78, 5) is 6.87. The SMILES string of the molecule is Cc1cc(-c2ncc3c(-c4cnnn4C)cc(N4CCOC[C@H]4C)nn23)n[nH]1. The molecule has 1 atom stereocenters. The monoisotopic (exact) mass is 379 g/mol. The molecule has 0 amide bonds. The number of anilines is 1. The zero-order valence-corrected chi connectivity index (χ0v) is 16.0. The molecule has 0 unspecified atom stereocenters. The van der Waals surface area contributed by atoms with Crippen LogP contribution in [0.5, 0.6) is 0 Å². The fourth-order valence-corrected chi connectivity index (χ4v) is 3.62. The van der Waals surface area contributed by atoms with Gasteiger partial charge in [0.25, 0.3) is 0 Å². The molecule has 1 saturated heterocycles. The summed E-state index contributed by atoms with van der Waals surface area (Å²) >= 11 is 0. The fraction of sp³-hybridized carbons (Fsp3) is 0.389. The Morgan fingerprint density at radius 2 is 2.14 bits per heavy atom. The summed E-state index contributed by atoms with van der Waals surface area (Å²) in [6, 6.07) is 4.28. The van der Waals surface area contributed by atoms with E-state index in [9.17, 15) is 0 Å². The fourth-order valence-electron chi connectivity index (χ4n) is 3.62. The van der Waals surface area contributed by atoms with E-state index in [-0.39, 0.29) is 6.04 Å². The lowest BCUT2D eigenvalue weighted by atomic mass is 10.1. The maximum Gasteiger partial charge on any atom is 0.182 e. The molecule has 10 nitrogen and oxygen atoms in total. The van der Waals surface area contributed by atoms with Crippen molar-refractivity contribution in [2.45, 2.75) is 19.9 Å². The van der Waals surface area contributed by atoms with E-state index >= 15 is 0 Å². The number of morpholine rings is 1. The molecular formula is C18H21N9O. The van der Waals surface area contributed by atoms with Gasteiger partial charge in [0.2, 0.25) is 0 Å². The van der Waals surface area contributed by atoms with Gasteiger partial charge in [0.15, 0.2) is 11.6 Å². The van der Waals surface area contributed by atoms with Gasteiger partial charge >= 0.3 is 0 Å². The minimum absolute atomic E-state index is 0.232. The number of aromatic amines is 1. The number of aryl methyl sites for hydroxylation is 2. The zero-order valence-electron chi connectivity index (χ0n) is 16.0. The molecule has 0 radical (unpaired) electrons. The molecule has 0 aromatic carbocycles. The van der Waals surface area contributed by atoms with Crippen molar-refractivity contribution in [3.63, 3.8) is 0 Å². The van der Waals surface area contributed by atoms with E-state index in [1.54, 1.807) is 10.9 Å². The molecule has 1 aliphatic heterocycles. The summed E-state index contributed by atoms with van der Waals surface area (Å²) in [6.45, 7) is 6.25. The first-order valence-electron chi connectivity index (χ1n) is 9.22. The van der Waals surface area contributed by atoms with Gasteiger partial charge in [-0.2, -0.15) is 5.10 Å². The van der Waals surface area contributed by atoms with E-state index in [0.717, 1.165) is 40.5 Å². The Balaban J connectivity index is 1.75. The highest BCUT2D eigenvalue weighted by Gasteiger charge is 2.24. The predicted octanol–water partition coefficient (Wildman–Crippen LogP) is 1.45. The molecule has 10 heteroatoms. The van der Waals surface area contributed by atoms with Gasteiger partial charge in [0.05, 0.1) is 42.9 Å². The number of ether oxygens (including phenoxy) is 1. The molecule has 144 valence electrons. The van der Waals surface area contributed by atoms with E-state index in [1.807, 2.05) is 30.8 Å². The van der Waals surface area contributed by atoms with Crippen LogP contribution in [-0.4, -0.2) is 65.6 Å². The van der Waals surface area contributed by atoms with Crippen molar-refractivity contribution in [1.82, 2.24) is 39.8 Å². The van der Waals surface area contributed by atoms with Gasteiger partial charge in [-0.05, 0) is 26.0 Å². The van der Waals surface area contributed by atoms with Crippen LogP contribution in [0.25, 0.3) is 28.3 Å². The highest BCUT2D eigenvalue weighted by atomic mass is 16.5. The number of nitrogens with one attached hydrogen (secondary N) is 1. The highest BCUT2D eigenvalue weighted by Crippen LogP contribution is 2.30. The smallest absolute Gasteiger partial charge is 0.182 e. The molecule has 28 heavy (non-hydrogen) atoms. The molecule has 0 bridgehead atoms. The number of imidazole rings is 1. The maximum absolute atomic E-state index is 5.60. The van der Waals surface area contributed by atoms with E-state index in [0.29, 0.717) is 19.0 Å². The van der Waals surface area contributed by atoms with Crippen molar-refractivity contribution in [3.05, 3.63) is 30.2 Å². The van der Waals surface area contributed by atoms with Crippen molar-refractivity contribution in [2.24, 2.45) is 7.05 Å². The van der Waals surface area contributed by atoms with Gasteiger partial charge in [0.1, 0.15) is 5.69 Å². The third kappa shape index (κ3) is 2.64. The maximum atomic E-state index is 5.60. The topological polar surface area (TPSA) is 102 Å².